The van der Waals surface area contributed by atoms with Gasteiger partial charge in [-0.15, -0.1) is 0 Å². The summed E-state index contributed by atoms with van der Waals surface area (Å²) in [6.45, 7) is 3.12. The average Bonchev–Trinajstić information content (AvgIpc) is 2.84. The van der Waals surface area contributed by atoms with Crippen LogP contribution in [0.4, 0.5) is 0 Å². The first-order valence-corrected chi connectivity index (χ1v) is 11.9. The van der Waals surface area contributed by atoms with Crippen LogP contribution >= 0.6 is 0 Å². The number of benzene rings is 1. The van der Waals surface area contributed by atoms with Crippen molar-refractivity contribution in [1.82, 2.24) is 16.0 Å². The molecule has 5 atom stereocenters. The zero-order valence-electron chi connectivity index (χ0n) is 20.4. The second kappa shape index (κ2) is 15.8. The van der Waals surface area contributed by atoms with Crippen molar-refractivity contribution in [3.05, 3.63) is 35.9 Å². The van der Waals surface area contributed by atoms with Gasteiger partial charge in [0.1, 0.15) is 18.1 Å². The summed E-state index contributed by atoms with van der Waals surface area (Å²) in [4.78, 5) is 49.7. The number of nitrogens with one attached hydrogen (secondary N) is 3. The molecule has 1 aromatic carbocycles. The van der Waals surface area contributed by atoms with E-state index in [2.05, 4.69) is 16.0 Å². The summed E-state index contributed by atoms with van der Waals surface area (Å²) in [6.07, 6.45) is 2.18. The first-order chi connectivity index (χ1) is 16.6. The summed E-state index contributed by atoms with van der Waals surface area (Å²) < 4.78 is 0. The number of carboxylic acids is 1. The fourth-order valence-corrected chi connectivity index (χ4v) is 3.40. The van der Waals surface area contributed by atoms with E-state index in [0.717, 1.165) is 5.56 Å². The fourth-order valence-electron chi connectivity index (χ4n) is 3.40. The van der Waals surface area contributed by atoms with Crippen molar-refractivity contribution in [2.75, 3.05) is 13.2 Å². The third-order valence-corrected chi connectivity index (χ3v) is 5.81. The van der Waals surface area contributed by atoms with Gasteiger partial charge in [-0.25, -0.2) is 4.79 Å². The zero-order chi connectivity index (χ0) is 26.4. The summed E-state index contributed by atoms with van der Waals surface area (Å²) in [6, 6.07) is 4.73. The van der Waals surface area contributed by atoms with Crippen LogP contribution in [0.1, 0.15) is 45.1 Å². The molecule has 0 saturated carbocycles. The van der Waals surface area contributed by atoms with Gasteiger partial charge in [-0.05, 0) is 43.7 Å². The number of carboxylic acid groups (broad SMARTS) is 1. The number of hydrogen-bond donors (Lipinski definition) is 7. The smallest absolute Gasteiger partial charge is 0.326 e. The maximum Gasteiger partial charge on any atom is 0.326 e. The van der Waals surface area contributed by atoms with E-state index in [1.807, 2.05) is 30.3 Å². The number of hydrogen-bond acceptors (Lipinski definition) is 7. The van der Waals surface area contributed by atoms with E-state index in [1.54, 1.807) is 13.8 Å². The molecule has 11 heteroatoms. The zero-order valence-corrected chi connectivity index (χ0v) is 20.4. The van der Waals surface area contributed by atoms with Gasteiger partial charge in [-0.3, -0.25) is 14.4 Å². The van der Waals surface area contributed by atoms with Gasteiger partial charge in [0.25, 0.3) is 0 Å². The Morgan fingerprint density at radius 1 is 0.943 bits per heavy atom. The van der Waals surface area contributed by atoms with Crippen LogP contribution < -0.4 is 27.4 Å². The molecule has 0 aliphatic rings. The first-order valence-electron chi connectivity index (χ1n) is 11.9. The summed E-state index contributed by atoms with van der Waals surface area (Å²) in [5, 5.41) is 26.5. The van der Waals surface area contributed by atoms with Gasteiger partial charge in [0.15, 0.2) is 0 Å². The highest BCUT2D eigenvalue weighted by molar-refractivity contribution is 5.94. The van der Waals surface area contributed by atoms with Crippen LogP contribution in [-0.2, 0) is 25.6 Å². The molecule has 1 rings (SSSR count). The predicted molar refractivity (Wildman–Crippen MR) is 131 cm³/mol. The van der Waals surface area contributed by atoms with Crippen LogP contribution in [0.2, 0.25) is 0 Å². The third kappa shape index (κ3) is 10.4. The minimum Gasteiger partial charge on any atom is -0.480 e. The van der Waals surface area contributed by atoms with Crippen molar-refractivity contribution >= 4 is 23.7 Å². The Hall–Kier alpha value is -3.02. The van der Waals surface area contributed by atoms with E-state index < -0.39 is 54.5 Å². The average molecular weight is 494 g/mol. The molecular weight excluding hydrogens is 454 g/mol. The summed E-state index contributed by atoms with van der Waals surface area (Å²) in [5.41, 5.74) is 12.4. The maximum absolute atomic E-state index is 12.9. The van der Waals surface area contributed by atoms with Gasteiger partial charge in [-0.2, -0.15) is 0 Å². The Labute approximate surface area is 206 Å². The lowest BCUT2D eigenvalue weighted by Crippen LogP contribution is -2.58. The Bertz CT molecular complexity index is 822. The van der Waals surface area contributed by atoms with Crippen LogP contribution in [0.15, 0.2) is 30.3 Å². The highest BCUT2D eigenvalue weighted by Gasteiger charge is 2.31. The number of carbonyl (C=O) groups is 4. The molecule has 196 valence electrons. The van der Waals surface area contributed by atoms with E-state index in [-0.39, 0.29) is 18.8 Å². The normalized spacial score (nSPS) is 15.2. The lowest BCUT2D eigenvalue weighted by atomic mass is 9.99. The van der Waals surface area contributed by atoms with Crippen LogP contribution in [0.25, 0.3) is 0 Å². The number of amides is 3. The van der Waals surface area contributed by atoms with E-state index in [0.29, 0.717) is 25.8 Å². The minimum absolute atomic E-state index is 0.247. The lowest BCUT2D eigenvalue weighted by Gasteiger charge is -2.25. The molecule has 0 bridgehead atoms. The molecule has 0 heterocycles. The summed E-state index contributed by atoms with van der Waals surface area (Å²) in [7, 11) is 0. The summed E-state index contributed by atoms with van der Waals surface area (Å²) >= 11 is 0. The fraction of sp³-hybridized carbons (Fsp3) is 0.583. The Kier molecular flexibility index (Phi) is 13.5. The van der Waals surface area contributed by atoms with Crippen molar-refractivity contribution < 1.29 is 29.4 Å². The monoisotopic (exact) mass is 493 g/mol. The Morgan fingerprint density at radius 3 is 2.09 bits per heavy atom. The number of carbonyl (C=O) groups excluding carboxylic acids is 3. The van der Waals surface area contributed by atoms with Crippen LogP contribution in [0, 0.1) is 5.92 Å². The molecule has 0 radical (unpaired) electrons. The third-order valence-electron chi connectivity index (χ3n) is 5.81. The number of aliphatic hydroxyl groups is 1. The molecule has 0 aliphatic heterocycles. The van der Waals surface area contributed by atoms with Gasteiger partial charge in [0.2, 0.25) is 17.7 Å². The molecule has 35 heavy (non-hydrogen) atoms. The van der Waals surface area contributed by atoms with Crippen molar-refractivity contribution in [1.29, 1.82) is 0 Å². The molecule has 9 N–H and O–H groups in total. The van der Waals surface area contributed by atoms with E-state index >= 15 is 0 Å². The molecule has 0 saturated heterocycles. The second-order valence-electron chi connectivity index (χ2n) is 8.60. The Morgan fingerprint density at radius 2 is 1.54 bits per heavy atom. The van der Waals surface area contributed by atoms with Crippen LogP contribution in [0.3, 0.4) is 0 Å². The first kappa shape index (κ1) is 30.0. The molecule has 5 unspecified atom stereocenters. The largest absolute Gasteiger partial charge is 0.480 e. The maximum atomic E-state index is 12.9. The molecule has 3 amide bonds. The molecule has 0 fully saturated rings. The van der Waals surface area contributed by atoms with Gasteiger partial charge in [-0.1, -0.05) is 50.6 Å². The SMILES string of the molecule is CCC(C)C(NC(=O)C(CO)NC(=O)C(CCCCN)NC(=O)C(N)Cc1ccccc1)C(=O)O. The second-order valence-corrected chi connectivity index (χ2v) is 8.60. The molecule has 0 aliphatic carbocycles. The van der Waals surface area contributed by atoms with Gasteiger partial charge in [0.05, 0.1) is 12.6 Å². The molecule has 0 aromatic heterocycles. The minimum atomic E-state index is -1.39. The van der Waals surface area contributed by atoms with Crippen LogP contribution in [-0.4, -0.2) is 71.2 Å². The topological polar surface area (TPSA) is 197 Å². The molecular formula is C24H39N5O6. The van der Waals surface area contributed by atoms with E-state index in [1.165, 1.54) is 0 Å². The number of unbranched alkanes of at least 4 members (excludes halogenated alkanes) is 1. The highest BCUT2D eigenvalue weighted by Crippen LogP contribution is 2.09. The van der Waals surface area contributed by atoms with Crippen molar-refractivity contribution in [3.8, 4) is 0 Å². The van der Waals surface area contributed by atoms with Crippen molar-refractivity contribution in [3.63, 3.8) is 0 Å². The molecule has 11 nitrogen and oxygen atoms in total. The molecule has 1 aromatic rings. The van der Waals surface area contributed by atoms with E-state index in [4.69, 9.17) is 11.5 Å². The predicted octanol–water partition coefficient (Wildman–Crippen LogP) is -0.737. The summed E-state index contributed by atoms with van der Waals surface area (Å²) in [5.74, 6) is -3.63. The Balaban J connectivity index is 2.86. The number of rotatable bonds is 16. The van der Waals surface area contributed by atoms with Gasteiger partial charge in [0, 0.05) is 0 Å². The van der Waals surface area contributed by atoms with Crippen LogP contribution in [0.5, 0.6) is 0 Å². The van der Waals surface area contributed by atoms with Gasteiger partial charge < -0.3 is 37.6 Å². The number of nitrogens with two attached hydrogens (primary N) is 2. The quantitative estimate of drug-likeness (QED) is 0.146. The molecule has 0 spiro atoms. The van der Waals surface area contributed by atoms with Crippen molar-refractivity contribution in [2.24, 2.45) is 17.4 Å². The van der Waals surface area contributed by atoms with Crippen molar-refractivity contribution in [2.45, 2.75) is 70.1 Å². The van der Waals surface area contributed by atoms with Gasteiger partial charge >= 0.3 is 5.97 Å². The number of aliphatic hydroxyl groups excluding tert-OH is 1. The van der Waals surface area contributed by atoms with E-state index in [9.17, 15) is 29.4 Å². The highest BCUT2D eigenvalue weighted by atomic mass is 16.4. The standard InChI is InChI=1S/C24H39N5O6/c1-3-15(2)20(24(34)35)29-23(33)19(14-30)28-22(32)18(11-7-8-12-25)27-21(31)17(26)13-16-9-5-4-6-10-16/h4-6,9-10,15,17-20,30H,3,7-8,11-14,25-26H2,1-2H3,(H,27,31)(H,28,32)(H,29,33)(H,34,35). The lowest BCUT2D eigenvalue weighted by molar-refractivity contribution is -0.144. The number of aliphatic carboxylic acids is 1.